The molecule has 0 fully saturated rings. The molecule has 0 atom stereocenters. The van der Waals surface area contributed by atoms with E-state index >= 15 is 0 Å². The molecular formula is C16H14N4O3S2. The molecule has 25 heavy (non-hydrogen) atoms. The Morgan fingerprint density at radius 1 is 1.40 bits per heavy atom. The van der Waals surface area contributed by atoms with Crippen molar-refractivity contribution in [1.82, 2.24) is 15.0 Å². The summed E-state index contributed by atoms with van der Waals surface area (Å²) in [5.74, 6) is 0.254. The van der Waals surface area contributed by atoms with Crippen LogP contribution in [0.4, 0.5) is 5.13 Å². The van der Waals surface area contributed by atoms with E-state index in [1.54, 1.807) is 13.0 Å². The molecule has 1 N–H and O–H groups in total. The fourth-order valence-corrected chi connectivity index (χ4v) is 4.27. The van der Waals surface area contributed by atoms with E-state index in [1.165, 1.54) is 22.7 Å². The normalized spacial score (nSPS) is 13.6. The van der Waals surface area contributed by atoms with Crippen molar-refractivity contribution in [3.8, 4) is 0 Å². The van der Waals surface area contributed by atoms with Crippen molar-refractivity contribution in [2.75, 3.05) is 11.9 Å². The van der Waals surface area contributed by atoms with Crippen LogP contribution in [0.5, 0.6) is 0 Å². The summed E-state index contributed by atoms with van der Waals surface area (Å²) in [7, 11) is 0. The molecule has 4 heterocycles. The number of aryl methyl sites for hydroxylation is 1. The lowest BCUT2D eigenvalue weighted by molar-refractivity contribution is 0.0736. The number of amides is 2. The number of thiazole rings is 1. The van der Waals surface area contributed by atoms with Gasteiger partial charge in [-0.1, -0.05) is 16.5 Å². The largest absolute Gasteiger partial charge is 0.361 e. The van der Waals surface area contributed by atoms with Crippen LogP contribution in [0.15, 0.2) is 27.4 Å². The van der Waals surface area contributed by atoms with Gasteiger partial charge in [0.1, 0.15) is 5.76 Å². The van der Waals surface area contributed by atoms with Gasteiger partial charge in [0.05, 0.1) is 17.8 Å². The molecule has 3 aromatic heterocycles. The van der Waals surface area contributed by atoms with Gasteiger partial charge in [0, 0.05) is 29.3 Å². The minimum atomic E-state index is -0.353. The van der Waals surface area contributed by atoms with Crippen LogP contribution in [0.2, 0.25) is 0 Å². The van der Waals surface area contributed by atoms with E-state index in [-0.39, 0.29) is 17.5 Å². The van der Waals surface area contributed by atoms with Gasteiger partial charge < -0.3 is 9.42 Å². The lowest BCUT2D eigenvalue weighted by Gasteiger charge is -2.25. The van der Waals surface area contributed by atoms with Crippen LogP contribution in [0.25, 0.3) is 0 Å². The molecule has 4 rings (SSSR count). The van der Waals surface area contributed by atoms with Gasteiger partial charge in [-0.2, -0.15) is 11.3 Å². The predicted molar refractivity (Wildman–Crippen MR) is 94.1 cm³/mol. The number of nitrogens with zero attached hydrogens (tertiary/aromatic N) is 3. The van der Waals surface area contributed by atoms with E-state index < -0.39 is 0 Å². The summed E-state index contributed by atoms with van der Waals surface area (Å²) in [6, 6.07) is 3.41. The van der Waals surface area contributed by atoms with E-state index in [2.05, 4.69) is 15.5 Å². The highest BCUT2D eigenvalue weighted by Gasteiger charge is 2.25. The van der Waals surface area contributed by atoms with Gasteiger partial charge in [-0.25, -0.2) is 4.98 Å². The predicted octanol–water partition coefficient (Wildman–Crippen LogP) is 2.95. The average molecular weight is 374 g/mol. The van der Waals surface area contributed by atoms with Gasteiger partial charge in [-0.05, 0) is 18.4 Å². The second kappa shape index (κ2) is 6.41. The SMILES string of the molecule is Cc1cc(C(=O)Nc2nc3c(s2)CN(C(=O)c2ccsc2)CC3)no1. The van der Waals surface area contributed by atoms with Crippen LogP contribution >= 0.6 is 22.7 Å². The van der Waals surface area contributed by atoms with Gasteiger partial charge in [0.2, 0.25) is 0 Å². The van der Waals surface area contributed by atoms with E-state index in [4.69, 9.17) is 4.52 Å². The maximum Gasteiger partial charge on any atom is 0.279 e. The smallest absolute Gasteiger partial charge is 0.279 e. The molecule has 0 aromatic carbocycles. The van der Waals surface area contributed by atoms with Crippen molar-refractivity contribution in [3.05, 3.63) is 50.5 Å². The zero-order chi connectivity index (χ0) is 17.4. The maximum atomic E-state index is 12.5. The quantitative estimate of drug-likeness (QED) is 0.761. The number of carbonyl (C=O) groups excluding carboxylic acids is 2. The Hall–Kier alpha value is -2.52. The monoisotopic (exact) mass is 374 g/mol. The molecule has 0 bridgehead atoms. The van der Waals surface area contributed by atoms with Gasteiger partial charge in [0.15, 0.2) is 10.8 Å². The second-order valence-electron chi connectivity index (χ2n) is 5.65. The number of fused-ring (bicyclic) bond motifs is 1. The van der Waals surface area contributed by atoms with E-state index in [0.717, 1.165) is 10.6 Å². The summed E-state index contributed by atoms with van der Waals surface area (Å²) >= 11 is 2.90. The Bertz CT molecular complexity index is 929. The van der Waals surface area contributed by atoms with Crippen molar-refractivity contribution in [2.24, 2.45) is 0 Å². The van der Waals surface area contributed by atoms with Gasteiger partial charge in [0.25, 0.3) is 11.8 Å². The van der Waals surface area contributed by atoms with Crippen LogP contribution < -0.4 is 5.32 Å². The number of thiophene rings is 1. The highest BCUT2D eigenvalue weighted by molar-refractivity contribution is 7.15. The number of nitrogens with one attached hydrogen (secondary N) is 1. The van der Waals surface area contributed by atoms with Crippen molar-refractivity contribution in [2.45, 2.75) is 19.9 Å². The Kier molecular flexibility index (Phi) is 4.10. The van der Waals surface area contributed by atoms with Crippen LogP contribution in [-0.2, 0) is 13.0 Å². The first-order valence-corrected chi connectivity index (χ1v) is 9.41. The first-order valence-electron chi connectivity index (χ1n) is 7.65. The Morgan fingerprint density at radius 2 is 2.28 bits per heavy atom. The van der Waals surface area contributed by atoms with Crippen molar-refractivity contribution < 1.29 is 14.1 Å². The minimum Gasteiger partial charge on any atom is -0.361 e. The highest BCUT2D eigenvalue weighted by atomic mass is 32.1. The minimum absolute atomic E-state index is 0.0314. The fourth-order valence-electron chi connectivity index (χ4n) is 2.63. The number of hydrogen-bond acceptors (Lipinski definition) is 7. The second-order valence-corrected chi connectivity index (χ2v) is 7.52. The first kappa shape index (κ1) is 16.0. The molecule has 9 heteroatoms. The molecule has 0 unspecified atom stereocenters. The molecule has 1 aliphatic heterocycles. The molecule has 3 aromatic rings. The zero-order valence-corrected chi connectivity index (χ0v) is 14.9. The van der Waals surface area contributed by atoms with E-state index in [9.17, 15) is 9.59 Å². The number of rotatable bonds is 3. The summed E-state index contributed by atoms with van der Waals surface area (Å²) < 4.78 is 4.91. The maximum absolute atomic E-state index is 12.5. The van der Waals surface area contributed by atoms with Crippen LogP contribution in [0, 0.1) is 6.92 Å². The summed E-state index contributed by atoms with van der Waals surface area (Å²) in [4.78, 5) is 31.9. The Labute approximate surface area is 151 Å². The van der Waals surface area contributed by atoms with Crippen molar-refractivity contribution in [3.63, 3.8) is 0 Å². The average Bonchev–Trinajstić information content (AvgIpc) is 3.33. The third-order valence-electron chi connectivity index (χ3n) is 3.87. The molecule has 0 aliphatic carbocycles. The first-order chi connectivity index (χ1) is 12.1. The highest BCUT2D eigenvalue weighted by Crippen LogP contribution is 2.29. The Morgan fingerprint density at radius 3 is 3.00 bits per heavy atom. The summed E-state index contributed by atoms with van der Waals surface area (Å²) in [5.41, 5.74) is 1.87. The van der Waals surface area contributed by atoms with E-state index in [0.29, 0.717) is 36.0 Å². The van der Waals surface area contributed by atoms with E-state index in [1.807, 2.05) is 21.7 Å². The molecule has 7 nitrogen and oxygen atoms in total. The molecule has 1 aliphatic rings. The molecule has 0 radical (unpaired) electrons. The lowest BCUT2D eigenvalue weighted by Crippen LogP contribution is -2.35. The number of aromatic nitrogens is 2. The summed E-state index contributed by atoms with van der Waals surface area (Å²) in [6.07, 6.45) is 0.681. The number of anilines is 1. The van der Waals surface area contributed by atoms with Crippen LogP contribution in [0.3, 0.4) is 0 Å². The zero-order valence-electron chi connectivity index (χ0n) is 13.3. The molecule has 0 saturated heterocycles. The molecular weight excluding hydrogens is 360 g/mol. The third kappa shape index (κ3) is 3.20. The third-order valence-corrected chi connectivity index (χ3v) is 5.55. The summed E-state index contributed by atoms with van der Waals surface area (Å²) in [5, 5.41) is 10.7. The summed E-state index contributed by atoms with van der Waals surface area (Å²) in [6.45, 7) is 2.87. The molecule has 0 spiro atoms. The van der Waals surface area contributed by atoms with Gasteiger partial charge >= 0.3 is 0 Å². The van der Waals surface area contributed by atoms with Crippen LogP contribution in [0.1, 0.15) is 37.2 Å². The standard InChI is InChI=1S/C16H14N4O3S2/c1-9-6-12(19-23-9)14(21)18-16-17-11-2-4-20(7-13(11)25-16)15(22)10-3-5-24-8-10/h3,5-6,8H,2,4,7H2,1H3,(H,17,18,21). The fraction of sp³-hybridized carbons (Fsp3) is 0.250. The Balaban J connectivity index is 1.47. The topological polar surface area (TPSA) is 88.3 Å². The number of carbonyl (C=O) groups is 2. The van der Waals surface area contributed by atoms with Crippen molar-refractivity contribution >= 4 is 39.6 Å². The number of hydrogen-bond donors (Lipinski definition) is 1. The van der Waals surface area contributed by atoms with Gasteiger partial charge in [-0.15, -0.1) is 0 Å². The van der Waals surface area contributed by atoms with Crippen molar-refractivity contribution in [1.29, 1.82) is 0 Å². The molecule has 2 amide bonds. The van der Waals surface area contributed by atoms with Gasteiger partial charge in [-0.3, -0.25) is 14.9 Å². The lowest BCUT2D eigenvalue weighted by atomic mass is 10.1. The van der Waals surface area contributed by atoms with Crippen LogP contribution in [-0.4, -0.2) is 33.4 Å². The molecule has 128 valence electrons. The molecule has 0 saturated carbocycles.